The van der Waals surface area contributed by atoms with Gasteiger partial charge in [-0.2, -0.15) is 0 Å². The van der Waals surface area contributed by atoms with Gasteiger partial charge in [-0.15, -0.1) is 0 Å². The maximum Gasteiger partial charge on any atom is 0.270 e. The van der Waals surface area contributed by atoms with Gasteiger partial charge >= 0.3 is 0 Å². The Morgan fingerprint density at radius 1 is 0.745 bits per heavy atom. The van der Waals surface area contributed by atoms with Crippen molar-refractivity contribution >= 4 is 44.1 Å². The average molecular weight is 614 g/mol. The SMILES string of the molecule is [C-]#[N+]/C(C#N)=C1\C(=C2c3ccccc3C(=[N+](CC)CC)c3ccccc32)C(O)=C1c1c2ccccc2c(N(C)C)c2cccc(O)c12. The lowest BCUT2D eigenvalue weighted by molar-refractivity contribution is -0.519. The summed E-state index contributed by atoms with van der Waals surface area (Å²) in [6.45, 7) is 14.0. The zero-order valence-electron chi connectivity index (χ0n) is 26.8. The van der Waals surface area contributed by atoms with Gasteiger partial charge in [-0.3, -0.25) is 0 Å². The van der Waals surface area contributed by atoms with Gasteiger partial charge in [0.05, 0.1) is 29.5 Å². The number of fused-ring (bicyclic) bond motifs is 4. The molecule has 0 spiro atoms. The predicted octanol–water partition coefficient (Wildman–Crippen LogP) is 8.45. The molecule has 0 bridgehead atoms. The third kappa shape index (κ3) is 4.19. The van der Waals surface area contributed by atoms with Crippen molar-refractivity contribution < 1.29 is 14.8 Å². The van der Waals surface area contributed by atoms with E-state index in [0.29, 0.717) is 27.7 Å². The fourth-order valence-corrected chi connectivity index (χ4v) is 7.47. The Labute approximate surface area is 274 Å². The second-order valence-electron chi connectivity index (χ2n) is 11.9. The number of hydrogen-bond donors (Lipinski definition) is 2. The van der Waals surface area contributed by atoms with Crippen molar-refractivity contribution in [3.8, 4) is 11.8 Å². The number of phenolic OH excluding ortho intramolecular Hbond substituents is 1. The highest BCUT2D eigenvalue weighted by Crippen LogP contribution is 2.56. The second kappa shape index (κ2) is 11.4. The van der Waals surface area contributed by atoms with Crippen LogP contribution in [-0.4, -0.2) is 47.7 Å². The maximum absolute atomic E-state index is 12.4. The lowest BCUT2D eigenvalue weighted by Gasteiger charge is -2.34. The third-order valence-electron chi connectivity index (χ3n) is 9.36. The van der Waals surface area contributed by atoms with Crippen LogP contribution in [0.4, 0.5) is 5.69 Å². The molecule has 5 aromatic carbocycles. The summed E-state index contributed by atoms with van der Waals surface area (Å²) < 4.78 is 2.34. The molecule has 0 radical (unpaired) electrons. The van der Waals surface area contributed by atoms with E-state index < -0.39 is 0 Å². The van der Waals surface area contributed by atoms with E-state index in [1.165, 1.54) is 0 Å². The Balaban J connectivity index is 1.69. The van der Waals surface area contributed by atoms with E-state index in [-0.39, 0.29) is 17.2 Å². The largest absolute Gasteiger partial charge is 0.507 e. The first-order valence-corrected chi connectivity index (χ1v) is 15.7. The third-order valence-corrected chi connectivity index (χ3v) is 9.36. The summed E-state index contributed by atoms with van der Waals surface area (Å²) in [4.78, 5) is 5.72. The quantitative estimate of drug-likeness (QED) is 0.0906. The van der Waals surface area contributed by atoms with Crippen molar-refractivity contribution in [3.05, 3.63) is 153 Å². The van der Waals surface area contributed by atoms with Gasteiger partial charge in [-0.05, 0) is 48.6 Å². The van der Waals surface area contributed by atoms with Gasteiger partial charge < -0.3 is 15.1 Å². The summed E-state index contributed by atoms with van der Waals surface area (Å²) in [7, 11) is 3.93. The van der Waals surface area contributed by atoms with Crippen molar-refractivity contribution in [2.45, 2.75) is 13.8 Å². The van der Waals surface area contributed by atoms with E-state index in [1.807, 2.05) is 91.8 Å². The topological polar surface area (TPSA) is 74.9 Å². The molecule has 0 saturated carbocycles. The number of benzene rings is 5. The van der Waals surface area contributed by atoms with Gasteiger partial charge in [-0.25, -0.2) is 14.7 Å². The average Bonchev–Trinajstić information content (AvgIpc) is 3.09. The van der Waals surface area contributed by atoms with E-state index in [9.17, 15) is 15.5 Å². The van der Waals surface area contributed by atoms with Crippen molar-refractivity contribution in [1.82, 2.24) is 0 Å². The number of allylic oxidation sites excluding steroid dienone is 3. The maximum atomic E-state index is 12.4. The monoisotopic (exact) mass is 613 g/mol. The van der Waals surface area contributed by atoms with Crippen molar-refractivity contribution in [1.29, 1.82) is 5.26 Å². The number of aliphatic hydroxyl groups excluding tert-OH is 1. The van der Waals surface area contributed by atoms with Crippen LogP contribution >= 0.6 is 0 Å². The van der Waals surface area contributed by atoms with E-state index in [1.54, 1.807) is 6.07 Å². The van der Waals surface area contributed by atoms with Crippen molar-refractivity contribution in [3.63, 3.8) is 0 Å². The molecular formula is C41H33N4O2+. The highest BCUT2D eigenvalue weighted by Gasteiger charge is 2.42. The molecule has 228 valence electrons. The van der Waals surface area contributed by atoms with E-state index in [2.05, 4.69) is 41.5 Å². The summed E-state index contributed by atoms with van der Waals surface area (Å²) in [6.07, 6.45) is 0. The van der Waals surface area contributed by atoms with E-state index >= 15 is 0 Å². The number of aliphatic hydroxyl groups is 1. The lowest BCUT2D eigenvalue weighted by atomic mass is 9.69. The van der Waals surface area contributed by atoms with Gasteiger partial charge in [0.25, 0.3) is 5.70 Å². The Morgan fingerprint density at radius 3 is 1.85 bits per heavy atom. The number of anilines is 1. The first kappa shape index (κ1) is 29.6. The molecule has 47 heavy (non-hydrogen) atoms. The summed E-state index contributed by atoms with van der Waals surface area (Å²) in [5, 5.41) is 37.3. The molecule has 5 aromatic rings. The molecule has 2 aliphatic rings. The molecule has 6 nitrogen and oxygen atoms in total. The van der Waals surface area contributed by atoms with Gasteiger partial charge in [0, 0.05) is 58.1 Å². The molecule has 0 aromatic heterocycles. The van der Waals surface area contributed by atoms with Gasteiger partial charge in [0.15, 0.2) is 0 Å². The molecule has 0 atom stereocenters. The summed E-state index contributed by atoms with van der Waals surface area (Å²) in [5.74, 6) is 0.0508. The van der Waals surface area contributed by atoms with Crippen LogP contribution < -0.4 is 4.90 Å². The number of rotatable bonds is 4. The Kier molecular flexibility index (Phi) is 7.15. The molecule has 7 rings (SSSR count). The zero-order chi connectivity index (χ0) is 33.0. The normalized spacial score (nSPS) is 14.7. The fourth-order valence-electron chi connectivity index (χ4n) is 7.47. The lowest BCUT2D eigenvalue weighted by Crippen LogP contribution is -2.29. The Bertz CT molecular complexity index is 2320. The van der Waals surface area contributed by atoms with Crippen LogP contribution in [0.15, 0.2) is 114 Å². The molecule has 0 saturated heterocycles. The van der Waals surface area contributed by atoms with Crippen LogP contribution in [-0.2, 0) is 0 Å². The molecule has 0 aliphatic heterocycles. The second-order valence-corrected chi connectivity index (χ2v) is 11.9. The molecule has 0 unspecified atom stereocenters. The summed E-state index contributed by atoms with van der Waals surface area (Å²) >= 11 is 0. The van der Waals surface area contributed by atoms with Gasteiger partial charge in [-0.1, -0.05) is 72.8 Å². The zero-order valence-corrected chi connectivity index (χ0v) is 26.8. The Morgan fingerprint density at radius 2 is 1.30 bits per heavy atom. The minimum atomic E-state index is -0.113. The first-order valence-electron chi connectivity index (χ1n) is 15.7. The minimum Gasteiger partial charge on any atom is -0.507 e. The summed E-state index contributed by atoms with van der Waals surface area (Å²) in [6, 6.07) is 31.7. The molecular weight excluding hydrogens is 580 g/mol. The van der Waals surface area contributed by atoms with Crippen LogP contribution in [0.3, 0.4) is 0 Å². The smallest absolute Gasteiger partial charge is 0.270 e. The molecule has 0 fully saturated rings. The standard InChI is InChI=1S/C41H32N4O2/c1-6-45(7-2)40-28-19-12-8-15-24(28)33(25-16-9-13-20-29(25)40)37-36(31(23-42)43-3)38(41(37)47)35-26-17-10-11-18-27(26)39(44(4)5)30-21-14-22-32(46)34(30)35/h8-22H,6-7H2,1-2,4-5H3,(H-,46,47)/p+1/b36-31+. The van der Waals surface area contributed by atoms with Crippen LogP contribution in [0.25, 0.3) is 37.5 Å². The first-order chi connectivity index (χ1) is 22.9. The number of nitriles is 1. The number of aromatic hydroxyl groups is 1. The van der Waals surface area contributed by atoms with Crippen molar-refractivity contribution in [2.75, 3.05) is 32.1 Å². The van der Waals surface area contributed by atoms with Crippen LogP contribution in [0.1, 0.15) is 41.7 Å². The van der Waals surface area contributed by atoms with Crippen LogP contribution in [0.5, 0.6) is 5.75 Å². The molecule has 6 heteroatoms. The number of nitrogens with zero attached hydrogens (tertiary/aromatic N) is 4. The highest BCUT2D eigenvalue weighted by molar-refractivity contribution is 6.25. The van der Waals surface area contributed by atoms with E-state index in [4.69, 9.17) is 6.57 Å². The Hall–Kier alpha value is -6.11. The minimum absolute atomic E-state index is 0.00500. The van der Waals surface area contributed by atoms with E-state index in [0.717, 1.165) is 68.5 Å². The molecule has 2 N–H and O–H groups in total. The van der Waals surface area contributed by atoms with Crippen LogP contribution in [0.2, 0.25) is 0 Å². The van der Waals surface area contributed by atoms with Crippen LogP contribution in [0, 0.1) is 17.9 Å². The predicted molar refractivity (Wildman–Crippen MR) is 190 cm³/mol. The van der Waals surface area contributed by atoms with Gasteiger partial charge in [0.2, 0.25) is 5.71 Å². The number of hydrogen-bond acceptors (Lipinski definition) is 4. The highest BCUT2D eigenvalue weighted by atomic mass is 16.3. The molecule has 0 amide bonds. The number of phenols is 1. The molecule has 0 heterocycles. The van der Waals surface area contributed by atoms with Gasteiger partial charge in [0.1, 0.15) is 24.6 Å². The fraction of sp³-hybridized carbons (Fsp3) is 0.146. The summed E-state index contributed by atoms with van der Waals surface area (Å²) in [5.41, 5.74) is 8.47. The molecule has 2 aliphatic carbocycles. The van der Waals surface area contributed by atoms with Crippen molar-refractivity contribution in [2.24, 2.45) is 0 Å².